The molecule has 5 heteroatoms. The van der Waals surface area contributed by atoms with E-state index >= 15 is 0 Å². The molecule has 3 N–H and O–H groups in total. The largest absolute Gasteiger partial charge is 0.382 e. The zero-order valence-corrected chi connectivity index (χ0v) is 11.2. The maximum Gasteiger partial charge on any atom is 0.273 e. The molecule has 2 aliphatic rings. The lowest BCUT2D eigenvalue weighted by Gasteiger charge is -2.28. The summed E-state index contributed by atoms with van der Waals surface area (Å²) in [7, 11) is 0. The predicted molar refractivity (Wildman–Crippen MR) is 72.3 cm³/mol. The van der Waals surface area contributed by atoms with Crippen LogP contribution in [0.5, 0.6) is 0 Å². The molecule has 1 heterocycles. The molecule has 5 nitrogen and oxygen atoms in total. The normalized spacial score (nSPS) is 30.3. The van der Waals surface area contributed by atoms with Crippen molar-refractivity contribution >= 4 is 11.7 Å². The number of hydrogen-bond donors (Lipinski definition) is 2. The van der Waals surface area contributed by atoms with Gasteiger partial charge in [-0.15, -0.1) is 0 Å². The Morgan fingerprint density at radius 2 is 2.16 bits per heavy atom. The summed E-state index contributed by atoms with van der Waals surface area (Å²) in [6, 6.07) is 0.184. The smallest absolute Gasteiger partial charge is 0.273 e. The number of nitrogens with zero attached hydrogens (tertiary/aromatic N) is 2. The molecule has 1 amide bonds. The zero-order chi connectivity index (χ0) is 13.4. The summed E-state index contributed by atoms with van der Waals surface area (Å²) in [5.41, 5.74) is 5.91. The van der Waals surface area contributed by atoms with Crippen molar-refractivity contribution in [3.8, 4) is 0 Å². The van der Waals surface area contributed by atoms with Gasteiger partial charge in [0.05, 0.1) is 0 Å². The van der Waals surface area contributed by atoms with Gasteiger partial charge in [0.2, 0.25) is 0 Å². The molecule has 4 atom stereocenters. The second kappa shape index (κ2) is 4.79. The second-order valence-corrected chi connectivity index (χ2v) is 5.89. The van der Waals surface area contributed by atoms with Gasteiger partial charge in [0.15, 0.2) is 11.5 Å². The minimum Gasteiger partial charge on any atom is -0.382 e. The van der Waals surface area contributed by atoms with E-state index in [-0.39, 0.29) is 23.5 Å². The van der Waals surface area contributed by atoms with Gasteiger partial charge in [-0.05, 0) is 43.9 Å². The van der Waals surface area contributed by atoms with Crippen LogP contribution < -0.4 is 11.1 Å². The van der Waals surface area contributed by atoms with E-state index in [0.717, 1.165) is 11.8 Å². The first kappa shape index (κ1) is 12.4. The van der Waals surface area contributed by atoms with E-state index in [1.54, 1.807) is 0 Å². The lowest BCUT2D eigenvalue weighted by Crippen LogP contribution is -2.40. The van der Waals surface area contributed by atoms with Gasteiger partial charge in [-0.2, -0.15) is 0 Å². The number of anilines is 1. The third kappa shape index (κ3) is 2.29. The van der Waals surface area contributed by atoms with Crippen molar-refractivity contribution in [2.24, 2.45) is 17.8 Å². The first-order chi connectivity index (χ1) is 9.15. The number of nitrogens with two attached hydrogens (primary N) is 1. The van der Waals surface area contributed by atoms with E-state index < -0.39 is 0 Å². The van der Waals surface area contributed by atoms with Crippen LogP contribution in [-0.2, 0) is 0 Å². The zero-order valence-electron chi connectivity index (χ0n) is 11.2. The van der Waals surface area contributed by atoms with Crippen molar-refractivity contribution in [3.63, 3.8) is 0 Å². The number of nitrogens with one attached hydrogen (secondary N) is 1. The monoisotopic (exact) mass is 260 g/mol. The van der Waals surface area contributed by atoms with Crippen LogP contribution in [0.15, 0.2) is 12.4 Å². The molecule has 0 aliphatic heterocycles. The Bertz CT molecular complexity index is 490. The molecule has 19 heavy (non-hydrogen) atoms. The predicted octanol–water partition coefficient (Wildman–Crippen LogP) is 1.61. The number of hydrogen-bond acceptors (Lipinski definition) is 4. The highest BCUT2D eigenvalue weighted by Crippen LogP contribution is 2.49. The number of rotatable bonds is 3. The first-order valence-corrected chi connectivity index (χ1v) is 7.02. The number of aromatic nitrogens is 2. The average Bonchev–Trinajstić information content (AvgIpc) is 3.01. The van der Waals surface area contributed by atoms with Gasteiger partial charge < -0.3 is 11.1 Å². The molecule has 0 radical (unpaired) electrons. The molecule has 2 aliphatic carbocycles. The maximum absolute atomic E-state index is 12.1. The third-order valence-corrected chi connectivity index (χ3v) is 4.74. The Morgan fingerprint density at radius 1 is 1.37 bits per heavy atom. The lowest BCUT2D eigenvalue weighted by atomic mass is 9.84. The number of carbonyl (C=O) groups is 1. The SMILES string of the molecule is CC(NC(=O)c1nccnc1N)C1CC2CCC1C2. The number of fused-ring (bicyclic) bond motifs is 2. The molecule has 102 valence electrons. The van der Waals surface area contributed by atoms with Gasteiger partial charge in [0.1, 0.15) is 0 Å². The van der Waals surface area contributed by atoms with E-state index in [1.165, 1.54) is 38.1 Å². The average molecular weight is 260 g/mol. The summed E-state index contributed by atoms with van der Waals surface area (Å²) >= 11 is 0. The van der Waals surface area contributed by atoms with Crippen LogP contribution in [0.4, 0.5) is 5.82 Å². The topological polar surface area (TPSA) is 80.9 Å². The fraction of sp³-hybridized carbons (Fsp3) is 0.643. The summed E-state index contributed by atoms with van der Waals surface area (Å²) in [5, 5.41) is 3.04. The first-order valence-electron chi connectivity index (χ1n) is 7.02. The Balaban J connectivity index is 1.65. The summed E-state index contributed by atoms with van der Waals surface area (Å²) in [6.07, 6.45) is 8.28. The van der Waals surface area contributed by atoms with Crippen LogP contribution in [0, 0.1) is 17.8 Å². The highest BCUT2D eigenvalue weighted by molar-refractivity contribution is 5.96. The van der Waals surface area contributed by atoms with Crippen LogP contribution in [0.2, 0.25) is 0 Å². The molecule has 1 aromatic rings. The van der Waals surface area contributed by atoms with Gasteiger partial charge in [-0.3, -0.25) is 4.79 Å². The molecule has 1 aromatic heterocycles. The van der Waals surface area contributed by atoms with E-state index in [4.69, 9.17) is 5.73 Å². The molecule has 2 saturated carbocycles. The standard InChI is InChI=1S/C14H20N4O/c1-8(11-7-9-2-3-10(11)6-9)18-14(19)12-13(15)17-5-4-16-12/h4-5,8-11H,2-3,6-7H2,1H3,(H2,15,17)(H,18,19). The van der Waals surface area contributed by atoms with Gasteiger partial charge >= 0.3 is 0 Å². The molecular formula is C14H20N4O. The summed E-state index contributed by atoms with van der Waals surface area (Å²) in [4.78, 5) is 20.0. The van der Waals surface area contributed by atoms with Gasteiger partial charge in [-0.25, -0.2) is 9.97 Å². The Kier molecular flexibility index (Phi) is 3.12. The number of nitrogen functional groups attached to an aromatic ring is 1. The van der Waals surface area contributed by atoms with E-state index in [1.807, 2.05) is 0 Å². The van der Waals surface area contributed by atoms with Crippen LogP contribution >= 0.6 is 0 Å². The van der Waals surface area contributed by atoms with Gasteiger partial charge in [0.25, 0.3) is 5.91 Å². The molecular weight excluding hydrogens is 240 g/mol. The third-order valence-electron chi connectivity index (χ3n) is 4.74. The summed E-state index contributed by atoms with van der Waals surface area (Å²) < 4.78 is 0. The van der Waals surface area contributed by atoms with Crippen molar-refractivity contribution in [2.75, 3.05) is 5.73 Å². The molecule has 2 bridgehead atoms. The minimum absolute atomic E-state index is 0.184. The highest BCUT2D eigenvalue weighted by Gasteiger charge is 2.42. The van der Waals surface area contributed by atoms with Crippen molar-refractivity contribution in [2.45, 2.75) is 38.6 Å². The Morgan fingerprint density at radius 3 is 2.79 bits per heavy atom. The molecule has 2 fully saturated rings. The molecule has 0 saturated heterocycles. The molecule has 0 spiro atoms. The maximum atomic E-state index is 12.1. The Hall–Kier alpha value is -1.65. The van der Waals surface area contributed by atoms with Crippen molar-refractivity contribution < 1.29 is 4.79 Å². The number of carbonyl (C=O) groups excluding carboxylic acids is 1. The van der Waals surface area contributed by atoms with Crippen molar-refractivity contribution in [1.29, 1.82) is 0 Å². The van der Waals surface area contributed by atoms with E-state index in [0.29, 0.717) is 5.92 Å². The number of amides is 1. The van der Waals surface area contributed by atoms with Crippen LogP contribution in [-0.4, -0.2) is 21.9 Å². The van der Waals surface area contributed by atoms with E-state index in [9.17, 15) is 4.79 Å². The fourth-order valence-electron chi connectivity index (χ4n) is 3.81. The Labute approximate surface area is 113 Å². The summed E-state index contributed by atoms with van der Waals surface area (Å²) in [6.45, 7) is 2.09. The van der Waals surface area contributed by atoms with Gasteiger partial charge in [0, 0.05) is 18.4 Å². The van der Waals surface area contributed by atoms with Crippen molar-refractivity contribution in [1.82, 2.24) is 15.3 Å². The molecule has 4 unspecified atom stereocenters. The highest BCUT2D eigenvalue weighted by atomic mass is 16.2. The molecule has 0 aromatic carbocycles. The van der Waals surface area contributed by atoms with Crippen LogP contribution in [0.3, 0.4) is 0 Å². The quantitative estimate of drug-likeness (QED) is 0.865. The fourth-order valence-corrected chi connectivity index (χ4v) is 3.81. The second-order valence-electron chi connectivity index (χ2n) is 5.89. The van der Waals surface area contributed by atoms with Crippen molar-refractivity contribution in [3.05, 3.63) is 18.1 Å². The summed E-state index contributed by atoms with van der Waals surface area (Å²) in [5.74, 6) is 2.28. The minimum atomic E-state index is -0.208. The van der Waals surface area contributed by atoms with Crippen LogP contribution in [0.25, 0.3) is 0 Å². The van der Waals surface area contributed by atoms with Crippen LogP contribution in [0.1, 0.15) is 43.1 Å². The van der Waals surface area contributed by atoms with E-state index in [2.05, 4.69) is 22.2 Å². The lowest BCUT2D eigenvalue weighted by molar-refractivity contribution is 0.0911. The molecule has 3 rings (SSSR count). The van der Waals surface area contributed by atoms with Gasteiger partial charge in [-0.1, -0.05) is 6.42 Å².